The van der Waals surface area contributed by atoms with Gasteiger partial charge >= 0.3 is 0 Å². The standard InChI is InChI=1S/C6H12O3/c1-3-7-6-8-4-5(2)9-6/h5-6H,3-4H2,1-2H3. The Bertz CT molecular complexity index is 82.4. The van der Waals surface area contributed by atoms with Crippen LogP contribution in [0, 0.1) is 0 Å². The highest BCUT2D eigenvalue weighted by Gasteiger charge is 2.21. The van der Waals surface area contributed by atoms with E-state index in [-0.39, 0.29) is 6.10 Å². The Balaban J connectivity index is 2.14. The van der Waals surface area contributed by atoms with Crippen LogP contribution in [0.25, 0.3) is 0 Å². The van der Waals surface area contributed by atoms with Gasteiger partial charge in [-0.15, -0.1) is 0 Å². The van der Waals surface area contributed by atoms with Crippen LogP contribution in [0.3, 0.4) is 0 Å². The van der Waals surface area contributed by atoms with E-state index in [0.717, 1.165) is 0 Å². The zero-order valence-electron chi connectivity index (χ0n) is 5.79. The van der Waals surface area contributed by atoms with E-state index in [1.807, 2.05) is 13.8 Å². The van der Waals surface area contributed by atoms with Crippen molar-refractivity contribution in [1.82, 2.24) is 0 Å². The van der Waals surface area contributed by atoms with Crippen molar-refractivity contribution in [3.8, 4) is 0 Å². The molecule has 0 aromatic rings. The molecule has 3 nitrogen and oxygen atoms in total. The lowest BCUT2D eigenvalue weighted by molar-refractivity contribution is -0.233. The molecule has 0 spiro atoms. The Morgan fingerprint density at radius 3 is 2.89 bits per heavy atom. The zero-order valence-corrected chi connectivity index (χ0v) is 5.79. The highest BCUT2D eigenvalue weighted by atomic mass is 16.9. The first kappa shape index (κ1) is 6.99. The summed E-state index contributed by atoms with van der Waals surface area (Å²) in [4.78, 5) is 0. The summed E-state index contributed by atoms with van der Waals surface area (Å²) in [6.07, 6.45) is 0.182. The molecular weight excluding hydrogens is 120 g/mol. The topological polar surface area (TPSA) is 27.7 Å². The Hall–Kier alpha value is -0.120. The van der Waals surface area contributed by atoms with Crippen molar-refractivity contribution < 1.29 is 14.2 Å². The third-order valence-electron chi connectivity index (χ3n) is 1.11. The summed E-state index contributed by atoms with van der Waals surface area (Å²) in [5.41, 5.74) is 0. The van der Waals surface area contributed by atoms with Crippen molar-refractivity contribution in [2.24, 2.45) is 0 Å². The van der Waals surface area contributed by atoms with Crippen molar-refractivity contribution in [2.45, 2.75) is 26.4 Å². The fraction of sp³-hybridized carbons (Fsp3) is 1.00. The first-order valence-electron chi connectivity index (χ1n) is 3.21. The van der Waals surface area contributed by atoms with Crippen LogP contribution in [0.5, 0.6) is 0 Å². The summed E-state index contributed by atoms with van der Waals surface area (Å²) < 4.78 is 15.2. The lowest BCUT2D eigenvalue weighted by Gasteiger charge is -2.07. The van der Waals surface area contributed by atoms with Gasteiger partial charge in [-0.25, -0.2) is 0 Å². The quantitative estimate of drug-likeness (QED) is 0.554. The van der Waals surface area contributed by atoms with E-state index in [1.165, 1.54) is 0 Å². The first-order valence-corrected chi connectivity index (χ1v) is 3.21. The lowest BCUT2D eigenvalue weighted by atomic mass is 10.5. The van der Waals surface area contributed by atoms with Gasteiger partial charge in [-0.2, -0.15) is 0 Å². The number of rotatable bonds is 2. The van der Waals surface area contributed by atoms with E-state index < -0.39 is 6.48 Å². The molecule has 0 aliphatic carbocycles. The van der Waals surface area contributed by atoms with Gasteiger partial charge < -0.3 is 14.2 Å². The van der Waals surface area contributed by atoms with Gasteiger partial charge in [-0.1, -0.05) is 0 Å². The molecule has 0 aromatic carbocycles. The molecule has 9 heavy (non-hydrogen) atoms. The second-order valence-electron chi connectivity index (χ2n) is 2.02. The van der Waals surface area contributed by atoms with Gasteiger partial charge in [0, 0.05) is 6.61 Å². The maximum absolute atomic E-state index is 5.16. The van der Waals surface area contributed by atoms with Crippen LogP contribution < -0.4 is 0 Å². The Morgan fingerprint density at radius 1 is 1.67 bits per heavy atom. The molecule has 1 saturated heterocycles. The molecule has 1 heterocycles. The highest BCUT2D eigenvalue weighted by molar-refractivity contribution is 4.52. The van der Waals surface area contributed by atoms with Crippen LogP contribution in [-0.4, -0.2) is 25.8 Å². The number of hydrogen-bond donors (Lipinski definition) is 0. The van der Waals surface area contributed by atoms with Crippen LogP contribution in [-0.2, 0) is 14.2 Å². The van der Waals surface area contributed by atoms with E-state index >= 15 is 0 Å². The van der Waals surface area contributed by atoms with Gasteiger partial charge in [0.2, 0.25) is 0 Å². The predicted octanol–water partition coefficient (Wildman–Crippen LogP) is 0.742. The lowest BCUT2D eigenvalue weighted by Crippen LogP contribution is -2.13. The molecule has 1 rings (SSSR count). The fourth-order valence-corrected chi connectivity index (χ4v) is 0.706. The fourth-order valence-electron chi connectivity index (χ4n) is 0.706. The molecular formula is C6H12O3. The maximum Gasteiger partial charge on any atom is 0.272 e. The third-order valence-corrected chi connectivity index (χ3v) is 1.11. The highest BCUT2D eigenvalue weighted by Crippen LogP contribution is 2.10. The summed E-state index contributed by atoms with van der Waals surface area (Å²) in [6, 6.07) is 0. The molecule has 1 aliphatic rings. The number of ether oxygens (including phenoxy) is 3. The van der Waals surface area contributed by atoms with Crippen LogP contribution in [0.4, 0.5) is 0 Å². The summed E-state index contributed by atoms with van der Waals surface area (Å²) in [5, 5.41) is 0. The zero-order chi connectivity index (χ0) is 6.69. The number of hydrogen-bond acceptors (Lipinski definition) is 3. The summed E-state index contributed by atoms with van der Waals surface area (Å²) in [6.45, 7) is 4.74. The summed E-state index contributed by atoms with van der Waals surface area (Å²) in [5.74, 6) is 0. The van der Waals surface area contributed by atoms with Gasteiger partial charge in [-0.3, -0.25) is 0 Å². The van der Waals surface area contributed by atoms with Crippen LogP contribution in [0.2, 0.25) is 0 Å². The van der Waals surface area contributed by atoms with Crippen molar-refractivity contribution in [1.29, 1.82) is 0 Å². The van der Waals surface area contributed by atoms with Crippen molar-refractivity contribution >= 4 is 0 Å². The molecule has 0 N–H and O–H groups in total. The SMILES string of the molecule is CCOC1OCC(C)O1. The molecule has 3 heteroatoms. The molecule has 0 saturated carbocycles. The summed E-state index contributed by atoms with van der Waals surface area (Å²) >= 11 is 0. The van der Waals surface area contributed by atoms with E-state index in [4.69, 9.17) is 14.2 Å². The average Bonchev–Trinajstić information content (AvgIpc) is 2.17. The van der Waals surface area contributed by atoms with E-state index in [9.17, 15) is 0 Å². The Kier molecular flexibility index (Phi) is 2.45. The molecule has 1 aliphatic heterocycles. The van der Waals surface area contributed by atoms with E-state index in [1.54, 1.807) is 0 Å². The Labute approximate surface area is 54.9 Å². The molecule has 1 fully saturated rings. The van der Waals surface area contributed by atoms with Crippen LogP contribution >= 0.6 is 0 Å². The molecule has 2 atom stereocenters. The predicted molar refractivity (Wildman–Crippen MR) is 31.9 cm³/mol. The minimum atomic E-state index is -0.412. The van der Waals surface area contributed by atoms with Crippen LogP contribution in [0.15, 0.2) is 0 Å². The average molecular weight is 132 g/mol. The monoisotopic (exact) mass is 132 g/mol. The van der Waals surface area contributed by atoms with Gasteiger partial charge in [0.15, 0.2) is 0 Å². The van der Waals surface area contributed by atoms with Gasteiger partial charge in [0.05, 0.1) is 12.7 Å². The molecule has 0 radical (unpaired) electrons. The van der Waals surface area contributed by atoms with Gasteiger partial charge in [0.1, 0.15) is 0 Å². The molecule has 2 unspecified atom stereocenters. The largest absolute Gasteiger partial charge is 0.330 e. The van der Waals surface area contributed by atoms with Crippen LogP contribution in [0.1, 0.15) is 13.8 Å². The summed E-state index contributed by atoms with van der Waals surface area (Å²) in [7, 11) is 0. The molecule has 0 amide bonds. The normalized spacial score (nSPS) is 35.3. The minimum absolute atomic E-state index is 0.182. The minimum Gasteiger partial charge on any atom is -0.330 e. The third kappa shape index (κ3) is 1.93. The van der Waals surface area contributed by atoms with E-state index in [0.29, 0.717) is 13.2 Å². The maximum atomic E-state index is 5.16. The molecule has 0 aromatic heterocycles. The Morgan fingerprint density at radius 2 is 2.44 bits per heavy atom. The van der Waals surface area contributed by atoms with Gasteiger partial charge in [0.25, 0.3) is 6.48 Å². The second kappa shape index (κ2) is 3.15. The van der Waals surface area contributed by atoms with Crippen molar-refractivity contribution in [3.63, 3.8) is 0 Å². The van der Waals surface area contributed by atoms with Gasteiger partial charge in [-0.05, 0) is 13.8 Å². The van der Waals surface area contributed by atoms with Crippen molar-refractivity contribution in [2.75, 3.05) is 13.2 Å². The second-order valence-corrected chi connectivity index (χ2v) is 2.02. The smallest absolute Gasteiger partial charge is 0.272 e. The molecule has 0 bridgehead atoms. The first-order chi connectivity index (χ1) is 4.33. The molecule has 54 valence electrons. The van der Waals surface area contributed by atoms with Crippen molar-refractivity contribution in [3.05, 3.63) is 0 Å². The van der Waals surface area contributed by atoms with E-state index in [2.05, 4.69) is 0 Å².